The number of thioether (sulfide) groups is 1. The van der Waals surface area contributed by atoms with Gasteiger partial charge in [-0.1, -0.05) is 36.0 Å². The van der Waals surface area contributed by atoms with Crippen molar-refractivity contribution in [1.82, 2.24) is 0 Å². The monoisotopic (exact) mass is 432 g/mol. The van der Waals surface area contributed by atoms with Gasteiger partial charge in [0.15, 0.2) is 15.0 Å². The van der Waals surface area contributed by atoms with Crippen molar-refractivity contribution >= 4 is 32.5 Å². The van der Waals surface area contributed by atoms with Crippen LogP contribution in [0.25, 0.3) is 0 Å². The van der Waals surface area contributed by atoms with Gasteiger partial charge in [-0.25, -0.2) is 8.42 Å². The third kappa shape index (κ3) is 4.70. The fourth-order valence-corrected chi connectivity index (χ4v) is 6.50. The van der Waals surface area contributed by atoms with Crippen molar-refractivity contribution in [3.05, 3.63) is 54.6 Å². The molecule has 29 heavy (non-hydrogen) atoms. The van der Waals surface area contributed by atoms with E-state index in [2.05, 4.69) is 4.90 Å². The fraction of sp³-hybridized carbons (Fsp3) is 0.381. The van der Waals surface area contributed by atoms with E-state index in [1.165, 1.54) is 0 Å². The number of nitrogens with zero attached hydrogens (tertiary/aromatic N) is 2. The number of rotatable bonds is 7. The van der Waals surface area contributed by atoms with Gasteiger partial charge in [0.05, 0.1) is 37.3 Å². The van der Waals surface area contributed by atoms with Crippen molar-refractivity contribution in [2.24, 2.45) is 4.99 Å². The number of fused-ring (bicyclic) bond motifs is 1. The number of hydrogen-bond acceptors (Lipinski definition) is 7. The second-order valence-electron chi connectivity index (χ2n) is 7.06. The molecule has 0 aliphatic carbocycles. The minimum atomic E-state index is -3.05. The number of amidine groups is 1. The van der Waals surface area contributed by atoms with Gasteiger partial charge in [-0.2, -0.15) is 0 Å². The Balaban J connectivity index is 1.42. The molecule has 2 aromatic rings. The highest BCUT2D eigenvalue weighted by Gasteiger charge is 2.47. The average molecular weight is 433 g/mol. The molecule has 0 bridgehead atoms. The largest absolute Gasteiger partial charge is 0.497 e. The molecule has 2 heterocycles. The topological polar surface area (TPSA) is 68.2 Å². The van der Waals surface area contributed by atoms with Crippen LogP contribution in [0.5, 0.6) is 11.5 Å². The minimum Gasteiger partial charge on any atom is -0.497 e. The first-order valence-corrected chi connectivity index (χ1v) is 12.4. The van der Waals surface area contributed by atoms with E-state index in [1.54, 1.807) is 18.9 Å². The number of sulfone groups is 1. The highest BCUT2D eigenvalue weighted by atomic mass is 32.2. The van der Waals surface area contributed by atoms with Crippen LogP contribution >= 0.6 is 11.8 Å². The molecule has 2 atom stereocenters. The zero-order valence-electron chi connectivity index (χ0n) is 16.2. The molecule has 4 rings (SSSR count). The summed E-state index contributed by atoms with van der Waals surface area (Å²) in [5.74, 6) is 2.72. The van der Waals surface area contributed by atoms with Crippen LogP contribution in [0.4, 0.5) is 5.69 Å². The number of hydrogen-bond donors (Lipinski definition) is 0. The quantitative estimate of drug-likeness (QED) is 0.626. The maximum Gasteiger partial charge on any atom is 0.164 e. The van der Waals surface area contributed by atoms with Crippen molar-refractivity contribution in [3.63, 3.8) is 0 Å². The van der Waals surface area contributed by atoms with E-state index in [9.17, 15) is 8.42 Å². The van der Waals surface area contributed by atoms with Crippen LogP contribution < -0.4 is 14.4 Å². The second-order valence-corrected chi connectivity index (χ2v) is 10.3. The van der Waals surface area contributed by atoms with Gasteiger partial charge in [0, 0.05) is 17.5 Å². The van der Waals surface area contributed by atoms with E-state index >= 15 is 0 Å². The van der Waals surface area contributed by atoms with E-state index in [0.717, 1.165) is 34.5 Å². The summed E-state index contributed by atoms with van der Waals surface area (Å²) in [5.41, 5.74) is 0.917. The lowest BCUT2D eigenvalue weighted by Crippen LogP contribution is -2.39. The van der Waals surface area contributed by atoms with Gasteiger partial charge in [-0.3, -0.25) is 4.99 Å². The Morgan fingerprint density at radius 2 is 1.90 bits per heavy atom. The highest BCUT2D eigenvalue weighted by Crippen LogP contribution is 2.36. The van der Waals surface area contributed by atoms with Crippen molar-refractivity contribution in [1.29, 1.82) is 0 Å². The summed E-state index contributed by atoms with van der Waals surface area (Å²) in [7, 11) is -1.43. The van der Waals surface area contributed by atoms with Crippen LogP contribution in [0.3, 0.4) is 0 Å². The summed E-state index contributed by atoms with van der Waals surface area (Å²) in [6.07, 6.45) is 0.873. The number of benzene rings is 2. The first-order chi connectivity index (χ1) is 14.1. The Morgan fingerprint density at radius 1 is 1.10 bits per heavy atom. The average Bonchev–Trinajstić information content (AvgIpc) is 3.19. The molecule has 0 aromatic heterocycles. The molecular formula is C21H24N2O4S2. The summed E-state index contributed by atoms with van der Waals surface area (Å²) >= 11 is 1.65. The molecule has 1 saturated heterocycles. The molecule has 0 amide bonds. The lowest BCUT2D eigenvalue weighted by molar-refractivity contribution is 0.319. The Bertz CT molecular complexity index is 979. The predicted molar refractivity (Wildman–Crippen MR) is 118 cm³/mol. The van der Waals surface area contributed by atoms with Gasteiger partial charge in [-0.05, 0) is 30.7 Å². The van der Waals surface area contributed by atoms with E-state index in [0.29, 0.717) is 6.61 Å². The molecule has 2 aromatic carbocycles. The van der Waals surface area contributed by atoms with Crippen LogP contribution in [0.15, 0.2) is 59.6 Å². The normalized spacial score (nSPS) is 22.2. The summed E-state index contributed by atoms with van der Waals surface area (Å²) in [6, 6.07) is 17.1. The number of methoxy groups -OCH3 is 1. The summed E-state index contributed by atoms with van der Waals surface area (Å²) in [6.45, 7) is 0.630. The molecule has 0 spiro atoms. The fourth-order valence-electron chi connectivity index (χ4n) is 3.62. The van der Waals surface area contributed by atoms with Gasteiger partial charge in [0.1, 0.15) is 11.5 Å². The lowest BCUT2D eigenvalue weighted by atomic mass is 10.1. The van der Waals surface area contributed by atoms with Crippen molar-refractivity contribution in [2.75, 3.05) is 35.9 Å². The number of ether oxygens (including phenoxy) is 2. The number of aliphatic imine (C=N–C) groups is 1. The third-order valence-corrected chi connectivity index (χ3v) is 7.72. The highest BCUT2D eigenvalue weighted by molar-refractivity contribution is 8.14. The summed E-state index contributed by atoms with van der Waals surface area (Å²) in [5, 5.41) is 0.878. The Labute approximate surface area is 175 Å². The molecule has 8 heteroatoms. The smallest absolute Gasteiger partial charge is 0.164 e. The maximum atomic E-state index is 12.1. The third-order valence-electron chi connectivity index (χ3n) is 4.97. The minimum absolute atomic E-state index is 0.124. The number of para-hydroxylation sites is 1. The lowest BCUT2D eigenvalue weighted by Gasteiger charge is -2.26. The molecule has 2 aliphatic rings. The van der Waals surface area contributed by atoms with E-state index < -0.39 is 9.84 Å². The van der Waals surface area contributed by atoms with Crippen LogP contribution in [0.2, 0.25) is 0 Å². The van der Waals surface area contributed by atoms with Crippen molar-refractivity contribution in [2.45, 2.75) is 18.5 Å². The summed E-state index contributed by atoms with van der Waals surface area (Å²) < 4.78 is 35.4. The van der Waals surface area contributed by atoms with Crippen LogP contribution in [0, 0.1) is 0 Å². The second kappa shape index (κ2) is 8.67. The first kappa shape index (κ1) is 20.1. The van der Waals surface area contributed by atoms with Crippen molar-refractivity contribution in [3.8, 4) is 11.5 Å². The van der Waals surface area contributed by atoms with Gasteiger partial charge < -0.3 is 14.4 Å². The maximum absolute atomic E-state index is 12.1. The molecule has 6 nitrogen and oxygen atoms in total. The van der Waals surface area contributed by atoms with Gasteiger partial charge >= 0.3 is 0 Å². The van der Waals surface area contributed by atoms with Crippen molar-refractivity contribution < 1.29 is 17.9 Å². The molecule has 0 N–H and O–H groups in total. The van der Waals surface area contributed by atoms with Gasteiger partial charge in [0.2, 0.25) is 0 Å². The first-order valence-electron chi connectivity index (χ1n) is 9.58. The van der Waals surface area contributed by atoms with E-state index in [4.69, 9.17) is 14.5 Å². The van der Waals surface area contributed by atoms with Gasteiger partial charge in [0.25, 0.3) is 0 Å². The standard InChI is InChI=1S/C21H24N2O4S2/c1-26-18-10-5-7-16(13-18)23-20-15-29(24,25)14-19(20)22-21(23)28-12-6-11-27-17-8-3-2-4-9-17/h2-5,7-10,13,19-20H,6,11-12,14-15H2,1H3/t19-,20-/m0/s1. The van der Waals surface area contributed by atoms with Crippen LogP contribution in [-0.4, -0.2) is 56.6 Å². The van der Waals surface area contributed by atoms with E-state index in [1.807, 2.05) is 54.6 Å². The van der Waals surface area contributed by atoms with Crippen LogP contribution in [-0.2, 0) is 9.84 Å². The number of anilines is 1. The molecule has 0 unspecified atom stereocenters. The molecular weight excluding hydrogens is 408 g/mol. The van der Waals surface area contributed by atoms with E-state index in [-0.39, 0.29) is 23.6 Å². The Morgan fingerprint density at radius 3 is 2.69 bits per heavy atom. The Hall–Kier alpha value is -2.19. The molecule has 0 saturated carbocycles. The molecule has 154 valence electrons. The molecule has 0 radical (unpaired) electrons. The Kier molecular flexibility index (Phi) is 6.01. The molecule has 1 fully saturated rings. The zero-order valence-corrected chi connectivity index (χ0v) is 17.9. The van der Waals surface area contributed by atoms with Crippen LogP contribution in [0.1, 0.15) is 6.42 Å². The molecule has 2 aliphatic heterocycles. The van der Waals surface area contributed by atoms with Gasteiger partial charge in [-0.15, -0.1) is 0 Å². The summed E-state index contributed by atoms with van der Waals surface area (Å²) in [4.78, 5) is 6.83. The SMILES string of the molecule is COc1cccc(N2C(SCCCOc3ccccc3)=N[C@H]3CS(=O)(=O)C[C@@H]32)c1. The zero-order chi connectivity index (χ0) is 20.3. The predicted octanol–water partition coefficient (Wildman–Crippen LogP) is 3.24.